The van der Waals surface area contributed by atoms with Crippen LogP contribution in [0.25, 0.3) is 0 Å². The predicted molar refractivity (Wildman–Crippen MR) is 96.2 cm³/mol. The molecule has 110 valence electrons. The summed E-state index contributed by atoms with van der Waals surface area (Å²) >= 11 is 0. The van der Waals surface area contributed by atoms with Crippen molar-refractivity contribution in [2.75, 3.05) is 17.2 Å². The second-order valence-electron chi connectivity index (χ2n) is 4.97. The SMILES string of the molecule is Nc1ccc(P(c2ccc(N)cc2)c2ccc(N)cn2)cc1. The van der Waals surface area contributed by atoms with E-state index in [1.807, 2.05) is 36.4 Å². The Morgan fingerprint density at radius 3 is 1.45 bits per heavy atom. The molecule has 0 atom stereocenters. The fraction of sp³-hybridized carbons (Fsp3) is 0. The number of nitrogen functional groups attached to an aromatic ring is 3. The third-order valence-electron chi connectivity index (χ3n) is 3.30. The third kappa shape index (κ3) is 3.02. The highest BCUT2D eigenvalue weighted by atomic mass is 31.1. The molecular formula is C17H17N4P. The fourth-order valence-electron chi connectivity index (χ4n) is 2.19. The number of anilines is 3. The average molecular weight is 308 g/mol. The van der Waals surface area contributed by atoms with Gasteiger partial charge in [0, 0.05) is 19.3 Å². The number of aromatic nitrogens is 1. The maximum absolute atomic E-state index is 5.80. The lowest BCUT2D eigenvalue weighted by Crippen LogP contribution is -2.22. The molecule has 1 aromatic heterocycles. The number of hydrogen-bond donors (Lipinski definition) is 3. The van der Waals surface area contributed by atoms with Gasteiger partial charge in [0.25, 0.3) is 0 Å². The number of rotatable bonds is 3. The molecule has 22 heavy (non-hydrogen) atoms. The van der Waals surface area contributed by atoms with E-state index in [0.717, 1.165) is 16.8 Å². The lowest BCUT2D eigenvalue weighted by molar-refractivity contribution is 1.39. The topological polar surface area (TPSA) is 91.0 Å². The Labute approximate surface area is 130 Å². The van der Waals surface area contributed by atoms with Crippen LogP contribution in [-0.4, -0.2) is 4.98 Å². The van der Waals surface area contributed by atoms with Gasteiger partial charge in [-0.15, -0.1) is 0 Å². The minimum Gasteiger partial charge on any atom is -0.399 e. The van der Waals surface area contributed by atoms with Gasteiger partial charge in [-0.05, 0) is 47.0 Å². The van der Waals surface area contributed by atoms with Crippen LogP contribution in [0.4, 0.5) is 17.1 Å². The first-order valence-corrected chi connectivity index (χ1v) is 8.20. The molecule has 0 aliphatic heterocycles. The van der Waals surface area contributed by atoms with Crippen LogP contribution < -0.4 is 33.2 Å². The van der Waals surface area contributed by atoms with Crippen LogP contribution in [0.3, 0.4) is 0 Å². The van der Waals surface area contributed by atoms with Gasteiger partial charge in [-0.3, -0.25) is 4.98 Å². The number of nitrogens with two attached hydrogens (primary N) is 3. The van der Waals surface area contributed by atoms with Gasteiger partial charge in [-0.25, -0.2) is 0 Å². The highest BCUT2D eigenvalue weighted by molar-refractivity contribution is 7.79. The molecule has 3 rings (SSSR count). The van der Waals surface area contributed by atoms with E-state index < -0.39 is 7.92 Å². The fourth-order valence-corrected chi connectivity index (χ4v) is 4.31. The summed E-state index contributed by atoms with van der Waals surface area (Å²) in [7, 11) is -0.761. The maximum atomic E-state index is 5.80. The summed E-state index contributed by atoms with van der Waals surface area (Å²) in [6.07, 6.45) is 1.69. The minimum absolute atomic E-state index is 0.660. The molecule has 3 aromatic rings. The average Bonchev–Trinajstić information content (AvgIpc) is 2.53. The Bertz CT molecular complexity index is 644. The summed E-state index contributed by atoms with van der Waals surface area (Å²) < 4.78 is 0. The first-order valence-electron chi connectivity index (χ1n) is 6.86. The van der Waals surface area contributed by atoms with E-state index in [1.165, 1.54) is 10.6 Å². The predicted octanol–water partition coefficient (Wildman–Crippen LogP) is 1.59. The summed E-state index contributed by atoms with van der Waals surface area (Å²) in [6, 6.07) is 19.7. The Morgan fingerprint density at radius 1 is 0.591 bits per heavy atom. The molecule has 0 fully saturated rings. The van der Waals surface area contributed by atoms with Crippen molar-refractivity contribution >= 4 is 41.0 Å². The first-order chi connectivity index (χ1) is 10.6. The smallest absolute Gasteiger partial charge is 0.0722 e. The van der Waals surface area contributed by atoms with Crippen LogP contribution in [0, 0.1) is 0 Å². The lowest BCUT2D eigenvalue weighted by Gasteiger charge is -2.18. The zero-order valence-electron chi connectivity index (χ0n) is 12.0. The molecular weight excluding hydrogens is 291 g/mol. The van der Waals surface area contributed by atoms with Crippen molar-refractivity contribution in [2.45, 2.75) is 0 Å². The molecule has 0 radical (unpaired) electrons. The Morgan fingerprint density at radius 2 is 1.05 bits per heavy atom. The molecule has 2 aromatic carbocycles. The van der Waals surface area contributed by atoms with Crippen LogP contribution in [0.15, 0.2) is 66.9 Å². The molecule has 0 bridgehead atoms. The largest absolute Gasteiger partial charge is 0.399 e. The van der Waals surface area contributed by atoms with Crippen LogP contribution in [-0.2, 0) is 0 Å². The Hall–Kier alpha value is -2.58. The first kappa shape index (κ1) is 14.4. The normalized spacial score (nSPS) is 10.8. The molecule has 5 heteroatoms. The molecule has 0 saturated carbocycles. The monoisotopic (exact) mass is 308 g/mol. The molecule has 1 heterocycles. The molecule has 0 aliphatic carbocycles. The molecule has 4 nitrogen and oxygen atoms in total. The van der Waals surface area contributed by atoms with Gasteiger partial charge in [0.05, 0.1) is 17.3 Å². The van der Waals surface area contributed by atoms with Crippen molar-refractivity contribution in [1.82, 2.24) is 4.98 Å². The molecule has 6 N–H and O–H groups in total. The van der Waals surface area contributed by atoms with Crippen molar-refractivity contribution in [3.8, 4) is 0 Å². The summed E-state index contributed by atoms with van der Waals surface area (Å²) in [6.45, 7) is 0. The van der Waals surface area contributed by atoms with E-state index in [4.69, 9.17) is 17.2 Å². The summed E-state index contributed by atoms with van der Waals surface area (Å²) in [5.41, 5.74) is 20.5. The second-order valence-corrected chi connectivity index (χ2v) is 7.13. The standard InChI is InChI=1S/C17H17N4P/c18-12-1-6-15(7-2-12)22(16-8-3-13(19)4-9-16)17-10-5-14(20)11-21-17/h1-11H,18-20H2. The van der Waals surface area contributed by atoms with Crippen LogP contribution in [0.1, 0.15) is 0 Å². The Kier molecular flexibility index (Phi) is 3.94. The quantitative estimate of drug-likeness (QED) is 0.506. The van der Waals surface area contributed by atoms with Crippen molar-refractivity contribution in [3.05, 3.63) is 66.9 Å². The zero-order valence-corrected chi connectivity index (χ0v) is 12.9. The third-order valence-corrected chi connectivity index (χ3v) is 5.65. The van der Waals surface area contributed by atoms with E-state index in [2.05, 4.69) is 29.2 Å². The molecule has 0 saturated heterocycles. The highest BCUT2D eigenvalue weighted by Crippen LogP contribution is 2.32. The van der Waals surface area contributed by atoms with E-state index in [1.54, 1.807) is 6.20 Å². The summed E-state index contributed by atoms with van der Waals surface area (Å²) in [5, 5.41) is 2.37. The molecule has 0 amide bonds. The van der Waals surface area contributed by atoms with Gasteiger partial charge in [-0.1, -0.05) is 24.3 Å². The molecule has 0 aliphatic rings. The van der Waals surface area contributed by atoms with Crippen molar-refractivity contribution in [3.63, 3.8) is 0 Å². The van der Waals surface area contributed by atoms with Crippen molar-refractivity contribution in [1.29, 1.82) is 0 Å². The minimum atomic E-state index is -0.761. The van der Waals surface area contributed by atoms with E-state index in [-0.39, 0.29) is 0 Å². The van der Waals surface area contributed by atoms with Crippen molar-refractivity contribution < 1.29 is 0 Å². The number of nitrogens with zero attached hydrogens (tertiary/aromatic N) is 1. The zero-order chi connectivity index (χ0) is 15.5. The van der Waals surface area contributed by atoms with Gasteiger partial charge in [0.2, 0.25) is 0 Å². The molecule has 0 unspecified atom stereocenters. The van der Waals surface area contributed by atoms with Crippen LogP contribution in [0.5, 0.6) is 0 Å². The number of hydrogen-bond acceptors (Lipinski definition) is 4. The van der Waals surface area contributed by atoms with Crippen molar-refractivity contribution in [2.24, 2.45) is 0 Å². The summed E-state index contributed by atoms with van der Waals surface area (Å²) in [4.78, 5) is 4.52. The maximum Gasteiger partial charge on any atom is 0.0722 e. The molecule has 0 spiro atoms. The van der Waals surface area contributed by atoms with E-state index in [9.17, 15) is 0 Å². The highest BCUT2D eigenvalue weighted by Gasteiger charge is 2.17. The number of benzene rings is 2. The Balaban J connectivity index is 2.10. The van der Waals surface area contributed by atoms with Gasteiger partial charge >= 0.3 is 0 Å². The van der Waals surface area contributed by atoms with Gasteiger partial charge < -0.3 is 17.2 Å². The van der Waals surface area contributed by atoms with E-state index >= 15 is 0 Å². The summed E-state index contributed by atoms with van der Waals surface area (Å²) in [5.74, 6) is 0. The van der Waals surface area contributed by atoms with Crippen LogP contribution >= 0.6 is 7.92 Å². The second kappa shape index (κ2) is 6.04. The van der Waals surface area contributed by atoms with Gasteiger partial charge in [-0.2, -0.15) is 0 Å². The van der Waals surface area contributed by atoms with Crippen LogP contribution in [0.2, 0.25) is 0 Å². The number of pyridine rings is 1. The lowest BCUT2D eigenvalue weighted by atomic mass is 10.3. The van der Waals surface area contributed by atoms with Gasteiger partial charge in [0.15, 0.2) is 0 Å². The van der Waals surface area contributed by atoms with E-state index in [0.29, 0.717) is 5.69 Å². The van der Waals surface area contributed by atoms with Gasteiger partial charge in [0.1, 0.15) is 0 Å².